The summed E-state index contributed by atoms with van der Waals surface area (Å²) in [5, 5.41) is 0.497. The molecule has 0 aliphatic carbocycles. The standard InChI is InChI=1S/C19H22ClNO3S/c20-19-9-5-4-6-17(19)15-25(22,23)21-12-10-16(11-13-21)14-24-18-7-2-1-3-8-18/h1-9,16H,10-15H2. The molecule has 0 atom stereocenters. The summed E-state index contributed by atoms with van der Waals surface area (Å²) in [5.41, 5.74) is 0.652. The van der Waals surface area contributed by atoms with Crippen LogP contribution in [0.2, 0.25) is 5.02 Å². The smallest absolute Gasteiger partial charge is 0.218 e. The first-order valence-corrected chi connectivity index (χ1v) is 10.4. The molecule has 1 heterocycles. The van der Waals surface area contributed by atoms with Crippen molar-refractivity contribution in [2.45, 2.75) is 18.6 Å². The number of para-hydroxylation sites is 1. The number of hydrogen-bond donors (Lipinski definition) is 0. The van der Waals surface area contributed by atoms with Crippen LogP contribution in [-0.2, 0) is 15.8 Å². The quantitative estimate of drug-likeness (QED) is 0.763. The molecule has 2 aromatic carbocycles. The van der Waals surface area contributed by atoms with E-state index in [2.05, 4.69) is 0 Å². The summed E-state index contributed by atoms with van der Waals surface area (Å²) in [6.45, 7) is 1.70. The molecule has 1 aliphatic heterocycles. The fourth-order valence-corrected chi connectivity index (χ4v) is 4.86. The van der Waals surface area contributed by atoms with Gasteiger partial charge in [-0.1, -0.05) is 48.0 Å². The Morgan fingerprint density at radius 2 is 1.64 bits per heavy atom. The average molecular weight is 380 g/mol. The molecule has 0 saturated carbocycles. The Balaban J connectivity index is 1.52. The number of nitrogens with zero attached hydrogens (tertiary/aromatic N) is 1. The molecular weight excluding hydrogens is 358 g/mol. The number of sulfonamides is 1. The monoisotopic (exact) mass is 379 g/mol. The molecule has 1 saturated heterocycles. The van der Waals surface area contributed by atoms with Crippen LogP contribution < -0.4 is 4.74 Å². The van der Waals surface area contributed by atoms with Crippen molar-refractivity contribution >= 4 is 21.6 Å². The first-order chi connectivity index (χ1) is 12.0. The maximum Gasteiger partial charge on any atom is 0.218 e. The Morgan fingerprint density at radius 1 is 1.00 bits per heavy atom. The lowest BCUT2D eigenvalue weighted by Crippen LogP contribution is -2.40. The molecule has 0 aromatic heterocycles. The fraction of sp³-hybridized carbons (Fsp3) is 0.368. The van der Waals surface area contributed by atoms with Gasteiger partial charge in [-0.2, -0.15) is 0 Å². The van der Waals surface area contributed by atoms with Crippen LogP contribution in [0.4, 0.5) is 0 Å². The van der Waals surface area contributed by atoms with E-state index in [1.807, 2.05) is 36.4 Å². The predicted octanol–water partition coefficient (Wildman–Crippen LogP) is 3.96. The zero-order chi connectivity index (χ0) is 17.7. The van der Waals surface area contributed by atoms with Crippen molar-refractivity contribution in [2.75, 3.05) is 19.7 Å². The number of hydrogen-bond acceptors (Lipinski definition) is 3. The van der Waals surface area contributed by atoms with Gasteiger partial charge < -0.3 is 4.74 Å². The van der Waals surface area contributed by atoms with Gasteiger partial charge in [0.2, 0.25) is 10.0 Å². The number of ether oxygens (including phenoxy) is 1. The summed E-state index contributed by atoms with van der Waals surface area (Å²) in [6, 6.07) is 16.8. The molecule has 0 bridgehead atoms. The van der Waals surface area contributed by atoms with E-state index in [4.69, 9.17) is 16.3 Å². The number of benzene rings is 2. The van der Waals surface area contributed by atoms with Crippen LogP contribution in [-0.4, -0.2) is 32.4 Å². The second-order valence-corrected chi connectivity index (χ2v) is 8.69. The minimum Gasteiger partial charge on any atom is -0.493 e. The van der Waals surface area contributed by atoms with Gasteiger partial charge in [0.05, 0.1) is 12.4 Å². The molecule has 2 aromatic rings. The number of halogens is 1. The van der Waals surface area contributed by atoms with E-state index in [0.717, 1.165) is 18.6 Å². The highest BCUT2D eigenvalue weighted by atomic mass is 35.5. The largest absolute Gasteiger partial charge is 0.493 e. The Labute approximate surface area is 154 Å². The first kappa shape index (κ1) is 18.2. The number of rotatable bonds is 6. The Kier molecular flexibility index (Phi) is 5.99. The van der Waals surface area contributed by atoms with Gasteiger partial charge in [0, 0.05) is 18.1 Å². The highest BCUT2D eigenvalue weighted by molar-refractivity contribution is 7.88. The molecule has 6 heteroatoms. The number of piperidine rings is 1. The molecule has 0 N–H and O–H groups in total. The minimum atomic E-state index is -3.34. The third-order valence-electron chi connectivity index (χ3n) is 4.49. The van der Waals surface area contributed by atoms with E-state index in [1.54, 1.807) is 22.5 Å². The van der Waals surface area contributed by atoms with Crippen LogP contribution in [0.3, 0.4) is 0 Å². The SMILES string of the molecule is O=S(=O)(Cc1ccccc1Cl)N1CCC(COc2ccccc2)CC1. The van der Waals surface area contributed by atoms with Gasteiger partial charge in [0.25, 0.3) is 0 Å². The molecule has 0 amide bonds. The first-order valence-electron chi connectivity index (χ1n) is 8.44. The molecular formula is C19H22ClNO3S. The van der Waals surface area contributed by atoms with E-state index in [9.17, 15) is 8.42 Å². The van der Waals surface area contributed by atoms with Crippen LogP contribution in [0.1, 0.15) is 18.4 Å². The second kappa shape index (κ2) is 8.21. The van der Waals surface area contributed by atoms with Crippen molar-refractivity contribution in [3.8, 4) is 5.75 Å². The van der Waals surface area contributed by atoms with Gasteiger partial charge in [-0.05, 0) is 42.5 Å². The Morgan fingerprint density at radius 3 is 2.32 bits per heavy atom. The normalized spacial score (nSPS) is 16.7. The molecule has 0 spiro atoms. The molecule has 4 nitrogen and oxygen atoms in total. The van der Waals surface area contributed by atoms with E-state index in [-0.39, 0.29) is 5.75 Å². The lowest BCUT2D eigenvalue weighted by molar-refractivity contribution is 0.185. The zero-order valence-electron chi connectivity index (χ0n) is 14.0. The van der Waals surface area contributed by atoms with Crippen molar-refractivity contribution in [3.05, 3.63) is 65.2 Å². The van der Waals surface area contributed by atoms with Gasteiger partial charge in [-0.3, -0.25) is 0 Å². The van der Waals surface area contributed by atoms with Crippen molar-refractivity contribution in [1.82, 2.24) is 4.31 Å². The van der Waals surface area contributed by atoms with Crippen LogP contribution in [0.25, 0.3) is 0 Å². The summed E-state index contributed by atoms with van der Waals surface area (Å²) in [4.78, 5) is 0. The maximum absolute atomic E-state index is 12.6. The van der Waals surface area contributed by atoms with Crippen molar-refractivity contribution in [2.24, 2.45) is 5.92 Å². The molecule has 3 rings (SSSR count). The van der Waals surface area contributed by atoms with E-state index in [1.165, 1.54) is 0 Å². The summed E-state index contributed by atoms with van der Waals surface area (Å²) in [7, 11) is -3.34. The lowest BCUT2D eigenvalue weighted by atomic mass is 9.99. The van der Waals surface area contributed by atoms with Crippen LogP contribution in [0, 0.1) is 5.92 Å². The molecule has 1 aliphatic rings. The van der Waals surface area contributed by atoms with Crippen LogP contribution in [0.15, 0.2) is 54.6 Å². The van der Waals surface area contributed by atoms with E-state index >= 15 is 0 Å². The van der Waals surface area contributed by atoms with Crippen molar-refractivity contribution in [3.63, 3.8) is 0 Å². The minimum absolute atomic E-state index is 0.0438. The van der Waals surface area contributed by atoms with Crippen LogP contribution in [0.5, 0.6) is 5.75 Å². The van der Waals surface area contributed by atoms with Gasteiger partial charge >= 0.3 is 0 Å². The molecule has 0 radical (unpaired) electrons. The van der Waals surface area contributed by atoms with Gasteiger partial charge in [0.1, 0.15) is 5.75 Å². The maximum atomic E-state index is 12.6. The van der Waals surface area contributed by atoms with Gasteiger partial charge in [0.15, 0.2) is 0 Å². The summed E-state index contributed by atoms with van der Waals surface area (Å²) in [5.74, 6) is 1.20. The summed E-state index contributed by atoms with van der Waals surface area (Å²) in [6.07, 6.45) is 1.63. The molecule has 1 fully saturated rings. The highest BCUT2D eigenvalue weighted by Crippen LogP contribution is 2.24. The van der Waals surface area contributed by atoms with Gasteiger partial charge in [-0.25, -0.2) is 12.7 Å². The summed E-state index contributed by atoms with van der Waals surface area (Å²) >= 11 is 6.09. The predicted molar refractivity (Wildman–Crippen MR) is 100 cm³/mol. The topological polar surface area (TPSA) is 46.6 Å². The van der Waals surface area contributed by atoms with E-state index in [0.29, 0.717) is 36.2 Å². The van der Waals surface area contributed by atoms with Crippen molar-refractivity contribution in [1.29, 1.82) is 0 Å². The molecule has 25 heavy (non-hydrogen) atoms. The van der Waals surface area contributed by atoms with Crippen molar-refractivity contribution < 1.29 is 13.2 Å². The highest BCUT2D eigenvalue weighted by Gasteiger charge is 2.28. The van der Waals surface area contributed by atoms with Crippen LogP contribution >= 0.6 is 11.6 Å². The van der Waals surface area contributed by atoms with Gasteiger partial charge in [-0.15, -0.1) is 0 Å². The molecule has 134 valence electrons. The van der Waals surface area contributed by atoms with E-state index < -0.39 is 10.0 Å². The Hall–Kier alpha value is -1.56. The third-order valence-corrected chi connectivity index (χ3v) is 6.69. The lowest BCUT2D eigenvalue weighted by Gasteiger charge is -2.31. The second-order valence-electron chi connectivity index (χ2n) is 6.31. The molecule has 0 unspecified atom stereocenters. The zero-order valence-corrected chi connectivity index (χ0v) is 15.5. The third kappa shape index (κ3) is 4.97. The summed E-state index contributed by atoms with van der Waals surface area (Å²) < 4.78 is 32.6. The average Bonchev–Trinajstić information content (AvgIpc) is 2.63. The fourth-order valence-electron chi connectivity index (χ4n) is 2.99. The Bertz CT molecular complexity index is 787.